The Balaban J connectivity index is 1.64. The number of rotatable bonds is 4. The Labute approximate surface area is 160 Å². The largest absolute Gasteiger partial charge is 0.476 e. The highest BCUT2D eigenvalue weighted by atomic mass is 19.1. The van der Waals surface area contributed by atoms with Gasteiger partial charge in [-0.3, -0.25) is 9.48 Å². The van der Waals surface area contributed by atoms with Crippen LogP contribution in [0.5, 0.6) is 0 Å². The quantitative estimate of drug-likeness (QED) is 0.751. The molecule has 1 aromatic carbocycles. The molecule has 144 valence electrons. The van der Waals surface area contributed by atoms with Gasteiger partial charge in [0.15, 0.2) is 5.69 Å². The van der Waals surface area contributed by atoms with Crippen molar-refractivity contribution in [1.29, 1.82) is 0 Å². The molecular formula is C20H19FN4O3. The van der Waals surface area contributed by atoms with Crippen LogP contribution >= 0.6 is 0 Å². The van der Waals surface area contributed by atoms with E-state index in [-0.39, 0.29) is 24.0 Å². The van der Waals surface area contributed by atoms with Gasteiger partial charge in [0, 0.05) is 37.5 Å². The molecule has 1 aliphatic heterocycles. The van der Waals surface area contributed by atoms with Crippen molar-refractivity contribution in [1.82, 2.24) is 19.2 Å². The molecule has 28 heavy (non-hydrogen) atoms. The van der Waals surface area contributed by atoms with Crippen LogP contribution < -0.4 is 0 Å². The summed E-state index contributed by atoms with van der Waals surface area (Å²) in [5.41, 5.74) is 2.70. The molecule has 0 atom stereocenters. The van der Waals surface area contributed by atoms with E-state index in [1.54, 1.807) is 51.7 Å². The third-order valence-corrected chi connectivity index (χ3v) is 5.03. The highest BCUT2D eigenvalue weighted by Crippen LogP contribution is 2.25. The molecule has 0 spiro atoms. The molecular weight excluding hydrogens is 363 g/mol. The molecule has 0 saturated carbocycles. The zero-order chi connectivity index (χ0) is 19.8. The minimum Gasteiger partial charge on any atom is -0.476 e. The standard InChI is InChI=1S/C20H19FN4O3/c1-23-9-2-3-17(23)19(26)24-10-8-16-15(12-24)18(20(27)28)22-25(16)11-13-4-6-14(21)7-5-13/h2-7,9H,8,10-12H2,1H3,(H,27,28). The molecule has 3 heterocycles. The number of hydrogen-bond acceptors (Lipinski definition) is 3. The van der Waals surface area contributed by atoms with Gasteiger partial charge >= 0.3 is 5.97 Å². The summed E-state index contributed by atoms with van der Waals surface area (Å²) in [4.78, 5) is 26.2. The number of aromatic carboxylic acids is 1. The van der Waals surface area contributed by atoms with Crippen LogP contribution in [-0.4, -0.2) is 42.8 Å². The number of hydrogen-bond donors (Lipinski definition) is 1. The predicted molar refractivity (Wildman–Crippen MR) is 98.5 cm³/mol. The van der Waals surface area contributed by atoms with Crippen molar-refractivity contribution in [3.63, 3.8) is 0 Å². The SMILES string of the molecule is Cn1cccc1C(=O)N1CCc2c(c(C(=O)O)nn2Cc2ccc(F)cc2)C1. The van der Waals surface area contributed by atoms with E-state index in [9.17, 15) is 19.1 Å². The fourth-order valence-electron chi connectivity index (χ4n) is 3.57. The second-order valence-electron chi connectivity index (χ2n) is 6.84. The fraction of sp³-hybridized carbons (Fsp3) is 0.250. The van der Waals surface area contributed by atoms with Crippen LogP contribution in [0.2, 0.25) is 0 Å². The zero-order valence-electron chi connectivity index (χ0n) is 15.3. The zero-order valence-corrected chi connectivity index (χ0v) is 15.3. The molecule has 0 unspecified atom stereocenters. The van der Waals surface area contributed by atoms with E-state index < -0.39 is 5.97 Å². The molecule has 0 bridgehead atoms. The van der Waals surface area contributed by atoms with Gasteiger partial charge in [0.2, 0.25) is 0 Å². The molecule has 7 nitrogen and oxygen atoms in total. The van der Waals surface area contributed by atoms with E-state index in [4.69, 9.17) is 0 Å². The van der Waals surface area contributed by atoms with Gasteiger partial charge in [-0.15, -0.1) is 0 Å². The van der Waals surface area contributed by atoms with Crippen molar-refractivity contribution >= 4 is 11.9 Å². The van der Waals surface area contributed by atoms with Gasteiger partial charge in [-0.25, -0.2) is 9.18 Å². The number of benzene rings is 1. The Hall–Kier alpha value is -3.42. The highest BCUT2D eigenvalue weighted by molar-refractivity contribution is 5.93. The van der Waals surface area contributed by atoms with Crippen LogP contribution in [0.4, 0.5) is 4.39 Å². The van der Waals surface area contributed by atoms with Crippen LogP contribution in [0.15, 0.2) is 42.6 Å². The van der Waals surface area contributed by atoms with Crippen LogP contribution in [0, 0.1) is 5.82 Å². The summed E-state index contributed by atoms with van der Waals surface area (Å²) in [5.74, 6) is -1.59. The van der Waals surface area contributed by atoms with Crippen molar-refractivity contribution in [3.05, 3.63) is 76.6 Å². The Bertz CT molecular complexity index is 1050. The topological polar surface area (TPSA) is 80.4 Å². The lowest BCUT2D eigenvalue weighted by Crippen LogP contribution is -2.37. The van der Waals surface area contributed by atoms with Crippen molar-refractivity contribution in [2.24, 2.45) is 7.05 Å². The molecule has 0 radical (unpaired) electrons. The summed E-state index contributed by atoms with van der Waals surface area (Å²) in [6.45, 7) is 1.03. The van der Waals surface area contributed by atoms with Gasteiger partial charge < -0.3 is 14.6 Å². The first-order chi connectivity index (χ1) is 13.4. The minimum atomic E-state index is -1.12. The number of nitrogens with zero attached hydrogens (tertiary/aromatic N) is 4. The molecule has 1 aliphatic rings. The second-order valence-corrected chi connectivity index (χ2v) is 6.84. The maximum atomic E-state index is 13.1. The number of aryl methyl sites for hydroxylation is 1. The average molecular weight is 382 g/mol. The predicted octanol–water partition coefficient (Wildman–Crippen LogP) is 2.31. The number of amides is 1. The van der Waals surface area contributed by atoms with Crippen LogP contribution in [0.1, 0.15) is 37.8 Å². The number of carbonyl (C=O) groups excluding carboxylic acids is 1. The maximum Gasteiger partial charge on any atom is 0.356 e. The van der Waals surface area contributed by atoms with Crippen molar-refractivity contribution in [2.75, 3.05) is 6.54 Å². The van der Waals surface area contributed by atoms with E-state index in [1.807, 2.05) is 0 Å². The number of fused-ring (bicyclic) bond motifs is 1. The molecule has 0 fully saturated rings. The second kappa shape index (κ2) is 6.95. The average Bonchev–Trinajstić information content (AvgIpc) is 3.26. The number of carboxylic acid groups (broad SMARTS) is 1. The molecule has 3 aromatic rings. The van der Waals surface area contributed by atoms with Crippen molar-refractivity contribution in [2.45, 2.75) is 19.5 Å². The van der Waals surface area contributed by atoms with Crippen molar-refractivity contribution in [3.8, 4) is 0 Å². The van der Waals surface area contributed by atoms with Crippen LogP contribution in [0.3, 0.4) is 0 Å². The fourth-order valence-corrected chi connectivity index (χ4v) is 3.57. The highest BCUT2D eigenvalue weighted by Gasteiger charge is 2.31. The molecule has 1 amide bonds. The van der Waals surface area contributed by atoms with Gasteiger partial charge in [-0.2, -0.15) is 5.10 Å². The van der Waals surface area contributed by atoms with Gasteiger partial charge in [-0.1, -0.05) is 12.1 Å². The molecule has 1 N–H and O–H groups in total. The number of halogens is 1. The van der Waals surface area contributed by atoms with Gasteiger partial charge in [0.1, 0.15) is 11.5 Å². The first-order valence-electron chi connectivity index (χ1n) is 8.91. The summed E-state index contributed by atoms with van der Waals surface area (Å²) in [7, 11) is 1.80. The summed E-state index contributed by atoms with van der Waals surface area (Å²) in [6, 6.07) is 9.57. The summed E-state index contributed by atoms with van der Waals surface area (Å²) in [6.07, 6.45) is 2.30. The van der Waals surface area contributed by atoms with E-state index >= 15 is 0 Å². The Kier molecular flexibility index (Phi) is 4.46. The third kappa shape index (κ3) is 3.17. The van der Waals surface area contributed by atoms with E-state index in [0.29, 0.717) is 30.8 Å². The number of aromatic nitrogens is 3. The molecule has 4 rings (SSSR count). The molecule has 0 saturated heterocycles. The molecule has 2 aromatic heterocycles. The first kappa shape index (κ1) is 18.0. The van der Waals surface area contributed by atoms with Gasteiger partial charge in [0.05, 0.1) is 13.1 Å². The maximum absolute atomic E-state index is 13.1. The number of carboxylic acids is 1. The van der Waals surface area contributed by atoms with E-state index in [0.717, 1.165) is 11.3 Å². The van der Waals surface area contributed by atoms with Gasteiger partial charge in [-0.05, 0) is 29.8 Å². The van der Waals surface area contributed by atoms with E-state index in [1.165, 1.54) is 12.1 Å². The monoisotopic (exact) mass is 382 g/mol. The molecule has 8 heteroatoms. The Morgan fingerprint density at radius 2 is 1.96 bits per heavy atom. The normalized spacial score (nSPS) is 13.4. The van der Waals surface area contributed by atoms with Crippen molar-refractivity contribution < 1.29 is 19.1 Å². The van der Waals surface area contributed by atoms with Gasteiger partial charge in [0.25, 0.3) is 5.91 Å². The molecule has 0 aliphatic carbocycles. The lowest BCUT2D eigenvalue weighted by atomic mass is 10.0. The minimum absolute atomic E-state index is 0.0403. The lowest BCUT2D eigenvalue weighted by Gasteiger charge is -2.28. The Morgan fingerprint density at radius 3 is 2.61 bits per heavy atom. The number of carbonyl (C=O) groups is 2. The van der Waals surface area contributed by atoms with Crippen LogP contribution in [0.25, 0.3) is 0 Å². The lowest BCUT2D eigenvalue weighted by molar-refractivity contribution is 0.0672. The third-order valence-electron chi connectivity index (χ3n) is 5.03. The smallest absolute Gasteiger partial charge is 0.356 e. The summed E-state index contributed by atoms with van der Waals surface area (Å²) in [5, 5.41) is 13.8. The summed E-state index contributed by atoms with van der Waals surface area (Å²) < 4.78 is 16.5. The first-order valence-corrected chi connectivity index (χ1v) is 8.91. The summed E-state index contributed by atoms with van der Waals surface area (Å²) >= 11 is 0. The van der Waals surface area contributed by atoms with Crippen LogP contribution in [-0.2, 0) is 26.6 Å². The van der Waals surface area contributed by atoms with E-state index in [2.05, 4.69) is 5.10 Å². The Morgan fingerprint density at radius 1 is 1.21 bits per heavy atom.